The van der Waals surface area contributed by atoms with Crippen LogP contribution < -0.4 is 10.3 Å². The van der Waals surface area contributed by atoms with Crippen LogP contribution in [0.25, 0.3) is 27.7 Å². The molecule has 3 heterocycles. The molecule has 0 atom stereocenters. The van der Waals surface area contributed by atoms with Crippen molar-refractivity contribution in [3.8, 4) is 11.4 Å². The Labute approximate surface area is 168 Å². The number of benzene rings is 1. The predicted octanol–water partition coefficient (Wildman–Crippen LogP) is 4.56. The van der Waals surface area contributed by atoms with Gasteiger partial charge in [-0.1, -0.05) is 18.2 Å². The lowest BCUT2D eigenvalue weighted by Gasteiger charge is -2.28. The first-order valence-corrected chi connectivity index (χ1v) is 10.1. The highest BCUT2D eigenvalue weighted by Gasteiger charge is 2.20. The lowest BCUT2D eigenvalue weighted by Crippen LogP contribution is -2.36. The molecule has 1 aliphatic rings. The normalized spacial score (nSPS) is 14.7. The Kier molecular flexibility index (Phi) is 5.36. The average Bonchev–Trinajstić information content (AvgIpc) is 3.12. The van der Waals surface area contributed by atoms with Gasteiger partial charge in [-0.25, -0.2) is 9.97 Å². The number of thiophene rings is 1. The number of rotatable bonds is 5. The molecule has 7 heteroatoms. The molecule has 4 rings (SSSR count). The molecule has 28 heavy (non-hydrogen) atoms. The minimum atomic E-state index is 0.720. The van der Waals surface area contributed by atoms with Crippen LogP contribution in [0.5, 0.6) is 0 Å². The van der Waals surface area contributed by atoms with Crippen molar-refractivity contribution in [1.82, 2.24) is 9.97 Å². The highest BCUT2D eigenvalue weighted by molar-refractivity contribution is 7.20. The molecule has 1 N–H and O–H groups in total. The summed E-state index contributed by atoms with van der Waals surface area (Å²) >= 11 is 1.73. The fraction of sp³-hybridized carbons (Fsp3) is 0.286. The van der Waals surface area contributed by atoms with Gasteiger partial charge in [0.1, 0.15) is 0 Å². The minimum absolute atomic E-state index is 0.720. The van der Waals surface area contributed by atoms with E-state index in [1.54, 1.807) is 11.3 Å². The van der Waals surface area contributed by atoms with E-state index in [4.69, 9.17) is 14.7 Å². The van der Waals surface area contributed by atoms with Crippen molar-refractivity contribution in [3.63, 3.8) is 0 Å². The van der Waals surface area contributed by atoms with Crippen LogP contribution in [0.1, 0.15) is 17.4 Å². The Hall–Kier alpha value is -2.77. The fourth-order valence-electron chi connectivity index (χ4n) is 3.37. The maximum atomic E-state index is 5.54. The monoisotopic (exact) mass is 393 g/mol. The van der Waals surface area contributed by atoms with Crippen LogP contribution in [0, 0.1) is 6.92 Å². The largest absolute Gasteiger partial charge is 0.378 e. The quantitative estimate of drug-likeness (QED) is 0.508. The Morgan fingerprint density at radius 2 is 2.11 bits per heavy atom. The number of anilines is 2. The summed E-state index contributed by atoms with van der Waals surface area (Å²) in [4.78, 5) is 13.4. The van der Waals surface area contributed by atoms with Crippen LogP contribution in [0.15, 0.2) is 35.4 Å². The highest BCUT2D eigenvalue weighted by Crippen LogP contribution is 2.36. The first-order chi connectivity index (χ1) is 13.7. The summed E-state index contributed by atoms with van der Waals surface area (Å²) in [6, 6.07) is 8.14. The van der Waals surface area contributed by atoms with Crippen LogP contribution in [0.2, 0.25) is 0 Å². The van der Waals surface area contributed by atoms with E-state index in [9.17, 15) is 0 Å². The smallest absolute Gasteiger partial charge is 0.162 e. The molecule has 6 nitrogen and oxygen atoms in total. The standard InChI is InChI=1S/C21H23N5OS/c1-4-6-15-13-18-19(28-15)21(26-9-11-27-12-10-26)24-20(23-18)16-7-5-8-17(14(16)2)25-22-3/h4-8,13,25H,3,9-12H2,1-2H3/b6-4+. The third-order valence-electron chi connectivity index (χ3n) is 4.79. The molecule has 1 fully saturated rings. The van der Waals surface area contributed by atoms with Gasteiger partial charge in [-0.05, 0) is 37.6 Å². The number of fused-ring (bicyclic) bond motifs is 1. The van der Waals surface area contributed by atoms with Gasteiger partial charge in [-0.2, -0.15) is 5.10 Å². The number of ether oxygens (including phenoxy) is 1. The Balaban J connectivity index is 1.89. The van der Waals surface area contributed by atoms with Gasteiger partial charge in [0.05, 0.1) is 29.1 Å². The maximum Gasteiger partial charge on any atom is 0.162 e. The van der Waals surface area contributed by atoms with Gasteiger partial charge >= 0.3 is 0 Å². The molecule has 2 aromatic heterocycles. The molecule has 0 bridgehead atoms. The van der Waals surface area contributed by atoms with Gasteiger partial charge in [0, 0.05) is 30.2 Å². The van der Waals surface area contributed by atoms with Crippen molar-refractivity contribution in [1.29, 1.82) is 0 Å². The Morgan fingerprint density at radius 1 is 1.29 bits per heavy atom. The minimum Gasteiger partial charge on any atom is -0.378 e. The van der Waals surface area contributed by atoms with E-state index in [0.29, 0.717) is 0 Å². The highest BCUT2D eigenvalue weighted by atomic mass is 32.1. The van der Waals surface area contributed by atoms with E-state index in [1.807, 2.05) is 32.0 Å². The van der Waals surface area contributed by atoms with Gasteiger partial charge in [0.15, 0.2) is 11.6 Å². The summed E-state index contributed by atoms with van der Waals surface area (Å²) in [5, 5.41) is 3.80. The van der Waals surface area contributed by atoms with Crippen molar-refractivity contribution in [3.05, 3.63) is 40.8 Å². The second kappa shape index (κ2) is 8.08. The van der Waals surface area contributed by atoms with E-state index >= 15 is 0 Å². The zero-order valence-electron chi connectivity index (χ0n) is 16.1. The summed E-state index contributed by atoms with van der Waals surface area (Å²) in [6.07, 6.45) is 4.16. The third kappa shape index (κ3) is 3.50. The maximum absolute atomic E-state index is 5.54. The molecule has 0 spiro atoms. The first-order valence-electron chi connectivity index (χ1n) is 9.30. The number of allylic oxidation sites excluding steroid dienone is 1. The number of nitrogens with zero attached hydrogens (tertiary/aromatic N) is 4. The van der Waals surface area contributed by atoms with E-state index < -0.39 is 0 Å². The first kappa shape index (κ1) is 18.6. The molecule has 1 aliphatic heterocycles. The fourth-order valence-corrected chi connectivity index (χ4v) is 4.46. The van der Waals surface area contributed by atoms with Crippen LogP contribution in [-0.4, -0.2) is 43.0 Å². The number of hydrogen-bond acceptors (Lipinski definition) is 7. The van der Waals surface area contributed by atoms with Crippen molar-refractivity contribution in [2.24, 2.45) is 5.10 Å². The zero-order chi connectivity index (χ0) is 19.5. The van der Waals surface area contributed by atoms with E-state index in [1.165, 1.54) is 4.88 Å². The van der Waals surface area contributed by atoms with Crippen molar-refractivity contribution >= 4 is 45.9 Å². The molecule has 0 saturated carbocycles. The third-order valence-corrected chi connectivity index (χ3v) is 5.87. The van der Waals surface area contributed by atoms with Gasteiger partial charge < -0.3 is 9.64 Å². The summed E-state index contributed by atoms with van der Waals surface area (Å²) in [7, 11) is 0. The molecule has 0 amide bonds. The Morgan fingerprint density at radius 3 is 2.86 bits per heavy atom. The van der Waals surface area contributed by atoms with Gasteiger partial charge in [0.25, 0.3) is 0 Å². The molecule has 0 aliphatic carbocycles. The van der Waals surface area contributed by atoms with Gasteiger partial charge in [0.2, 0.25) is 0 Å². The van der Waals surface area contributed by atoms with Crippen LogP contribution in [0.3, 0.4) is 0 Å². The Bertz CT molecular complexity index is 1040. The predicted molar refractivity (Wildman–Crippen MR) is 118 cm³/mol. The number of morpholine rings is 1. The lowest BCUT2D eigenvalue weighted by molar-refractivity contribution is 0.122. The number of hydrogen-bond donors (Lipinski definition) is 1. The number of aromatic nitrogens is 2. The molecule has 1 aromatic carbocycles. The molecule has 3 aromatic rings. The summed E-state index contributed by atoms with van der Waals surface area (Å²) in [5.41, 5.74) is 6.87. The molecular weight excluding hydrogens is 370 g/mol. The summed E-state index contributed by atoms with van der Waals surface area (Å²) < 4.78 is 6.66. The zero-order valence-corrected chi connectivity index (χ0v) is 16.9. The van der Waals surface area contributed by atoms with Gasteiger partial charge in [-0.15, -0.1) is 11.3 Å². The van der Waals surface area contributed by atoms with E-state index in [0.717, 1.165) is 65.0 Å². The summed E-state index contributed by atoms with van der Waals surface area (Å²) in [5.74, 6) is 1.72. The SMILES string of the molecule is C=NNc1cccc(-c2nc(N3CCOCC3)c3sc(/C=C/C)cc3n2)c1C. The van der Waals surface area contributed by atoms with Crippen molar-refractivity contribution < 1.29 is 4.74 Å². The average molecular weight is 394 g/mol. The summed E-state index contributed by atoms with van der Waals surface area (Å²) in [6.45, 7) is 10.7. The van der Waals surface area contributed by atoms with Crippen LogP contribution in [0.4, 0.5) is 11.5 Å². The van der Waals surface area contributed by atoms with E-state index in [2.05, 4.69) is 40.4 Å². The van der Waals surface area contributed by atoms with Crippen LogP contribution in [-0.2, 0) is 4.74 Å². The van der Waals surface area contributed by atoms with Gasteiger partial charge in [-0.3, -0.25) is 5.43 Å². The number of hydrazone groups is 1. The molecule has 1 saturated heterocycles. The molecule has 144 valence electrons. The van der Waals surface area contributed by atoms with Crippen molar-refractivity contribution in [2.75, 3.05) is 36.6 Å². The second-order valence-corrected chi connectivity index (χ2v) is 7.67. The number of nitrogens with one attached hydrogen (secondary N) is 1. The molecule has 0 radical (unpaired) electrons. The second-order valence-electron chi connectivity index (χ2n) is 6.58. The van der Waals surface area contributed by atoms with Crippen LogP contribution >= 0.6 is 11.3 Å². The molecule has 0 unspecified atom stereocenters. The molecular formula is C21H23N5OS. The van der Waals surface area contributed by atoms with E-state index in [-0.39, 0.29) is 0 Å². The lowest BCUT2D eigenvalue weighted by atomic mass is 10.1. The topological polar surface area (TPSA) is 62.6 Å². The van der Waals surface area contributed by atoms with Crippen molar-refractivity contribution in [2.45, 2.75) is 13.8 Å².